The van der Waals surface area contributed by atoms with Crippen LogP contribution in [0.25, 0.3) is 0 Å². The van der Waals surface area contributed by atoms with E-state index in [0.717, 1.165) is 17.7 Å². The molecule has 21 heavy (non-hydrogen) atoms. The second-order valence-corrected chi connectivity index (χ2v) is 4.76. The zero-order chi connectivity index (χ0) is 15.2. The molecule has 2 aromatic carbocycles. The summed E-state index contributed by atoms with van der Waals surface area (Å²) >= 11 is 0. The van der Waals surface area contributed by atoms with Gasteiger partial charge in [0, 0.05) is 6.54 Å². The number of hydrogen-bond donors (Lipinski definition) is 2. The van der Waals surface area contributed by atoms with E-state index in [-0.39, 0.29) is 12.5 Å². The summed E-state index contributed by atoms with van der Waals surface area (Å²) in [7, 11) is 0. The zero-order valence-electron chi connectivity index (χ0n) is 11.4. The van der Waals surface area contributed by atoms with Gasteiger partial charge in [-0.25, -0.2) is 8.78 Å². The molecule has 0 heterocycles. The van der Waals surface area contributed by atoms with E-state index in [9.17, 15) is 13.6 Å². The Hall–Kier alpha value is -2.27. The van der Waals surface area contributed by atoms with Crippen LogP contribution in [-0.4, -0.2) is 11.9 Å². The summed E-state index contributed by atoms with van der Waals surface area (Å²) in [5.41, 5.74) is 7.27. The van der Waals surface area contributed by atoms with Gasteiger partial charge in [-0.2, -0.15) is 0 Å². The Labute approximate surface area is 121 Å². The molecule has 0 spiro atoms. The lowest BCUT2D eigenvalue weighted by atomic mass is 10.1. The van der Waals surface area contributed by atoms with Crippen molar-refractivity contribution in [2.75, 3.05) is 0 Å². The van der Waals surface area contributed by atoms with Crippen molar-refractivity contribution in [2.45, 2.75) is 19.0 Å². The molecule has 0 bridgehead atoms. The minimum atomic E-state index is -0.935. The second-order valence-electron chi connectivity index (χ2n) is 4.76. The predicted molar refractivity (Wildman–Crippen MR) is 76.3 cm³/mol. The Morgan fingerprint density at radius 2 is 1.76 bits per heavy atom. The summed E-state index contributed by atoms with van der Waals surface area (Å²) in [6, 6.07) is 12.2. The van der Waals surface area contributed by atoms with E-state index in [1.165, 1.54) is 6.07 Å². The van der Waals surface area contributed by atoms with Gasteiger partial charge in [0.1, 0.15) is 0 Å². The van der Waals surface area contributed by atoms with Crippen LogP contribution in [0, 0.1) is 11.6 Å². The molecule has 0 aliphatic heterocycles. The summed E-state index contributed by atoms with van der Waals surface area (Å²) in [6.07, 6.45) is 0.421. The van der Waals surface area contributed by atoms with Gasteiger partial charge in [0.25, 0.3) is 0 Å². The molecule has 110 valence electrons. The van der Waals surface area contributed by atoms with Crippen molar-refractivity contribution in [2.24, 2.45) is 5.73 Å². The highest BCUT2D eigenvalue weighted by Crippen LogP contribution is 2.08. The summed E-state index contributed by atoms with van der Waals surface area (Å²) < 4.78 is 25.8. The Morgan fingerprint density at radius 1 is 1.05 bits per heavy atom. The third kappa shape index (κ3) is 4.36. The molecule has 5 heteroatoms. The number of carbonyl (C=O) groups is 1. The summed E-state index contributed by atoms with van der Waals surface area (Å²) in [6.45, 7) is 0.110. The Bertz CT molecular complexity index is 617. The quantitative estimate of drug-likeness (QED) is 0.886. The molecule has 3 nitrogen and oxygen atoms in total. The first-order valence-corrected chi connectivity index (χ1v) is 6.57. The van der Waals surface area contributed by atoms with Gasteiger partial charge in [0.15, 0.2) is 11.6 Å². The first-order chi connectivity index (χ1) is 10.1. The van der Waals surface area contributed by atoms with Crippen LogP contribution in [0.4, 0.5) is 8.78 Å². The Balaban J connectivity index is 1.87. The summed E-state index contributed by atoms with van der Waals surface area (Å²) in [4.78, 5) is 11.9. The molecule has 0 saturated carbocycles. The summed E-state index contributed by atoms with van der Waals surface area (Å²) in [5, 5.41) is 2.61. The van der Waals surface area contributed by atoms with Crippen LogP contribution in [0.15, 0.2) is 48.5 Å². The number of hydrogen-bond acceptors (Lipinski definition) is 2. The van der Waals surface area contributed by atoms with E-state index in [1.807, 2.05) is 30.3 Å². The van der Waals surface area contributed by atoms with E-state index >= 15 is 0 Å². The molecule has 1 atom stereocenters. The Morgan fingerprint density at radius 3 is 2.43 bits per heavy atom. The van der Waals surface area contributed by atoms with Crippen LogP contribution in [0.2, 0.25) is 0 Å². The molecular weight excluding hydrogens is 274 g/mol. The van der Waals surface area contributed by atoms with Crippen molar-refractivity contribution >= 4 is 5.91 Å². The van der Waals surface area contributed by atoms with Crippen molar-refractivity contribution in [3.05, 3.63) is 71.3 Å². The van der Waals surface area contributed by atoms with Crippen LogP contribution in [-0.2, 0) is 17.8 Å². The number of amides is 1. The second kappa shape index (κ2) is 6.95. The largest absolute Gasteiger partial charge is 0.351 e. The van der Waals surface area contributed by atoms with Crippen LogP contribution in [0.5, 0.6) is 0 Å². The number of benzene rings is 2. The third-order valence-electron chi connectivity index (χ3n) is 3.09. The molecule has 2 aromatic rings. The predicted octanol–water partition coefficient (Wildman–Crippen LogP) is 2.15. The fourth-order valence-corrected chi connectivity index (χ4v) is 1.93. The maximum absolute atomic E-state index is 13.0. The molecule has 1 amide bonds. The van der Waals surface area contributed by atoms with Gasteiger partial charge < -0.3 is 11.1 Å². The first-order valence-electron chi connectivity index (χ1n) is 6.57. The maximum Gasteiger partial charge on any atom is 0.237 e. The maximum atomic E-state index is 13.0. The first kappa shape index (κ1) is 15.1. The van der Waals surface area contributed by atoms with Gasteiger partial charge in [0.2, 0.25) is 5.91 Å². The molecule has 0 radical (unpaired) electrons. The van der Waals surface area contributed by atoms with E-state index in [4.69, 9.17) is 5.73 Å². The standard InChI is InChI=1S/C16H16F2N2O/c17-13-7-6-12(8-14(13)18)10-20-16(21)15(19)9-11-4-2-1-3-5-11/h1-8,15H,9-10,19H2,(H,20,21)/t15-/m1/s1. The van der Waals surface area contributed by atoms with Gasteiger partial charge in [0.05, 0.1) is 6.04 Å². The van der Waals surface area contributed by atoms with Crippen LogP contribution in [0.1, 0.15) is 11.1 Å². The lowest BCUT2D eigenvalue weighted by Crippen LogP contribution is -2.41. The molecule has 0 fully saturated rings. The number of nitrogens with two attached hydrogens (primary N) is 1. The fourth-order valence-electron chi connectivity index (χ4n) is 1.93. The number of halogens is 2. The SMILES string of the molecule is N[C@H](Cc1ccccc1)C(=O)NCc1ccc(F)c(F)c1. The van der Waals surface area contributed by atoms with Gasteiger partial charge in [-0.05, 0) is 29.7 Å². The lowest BCUT2D eigenvalue weighted by Gasteiger charge is -2.12. The van der Waals surface area contributed by atoms with E-state index in [0.29, 0.717) is 12.0 Å². The minimum Gasteiger partial charge on any atom is -0.351 e. The van der Waals surface area contributed by atoms with Gasteiger partial charge >= 0.3 is 0 Å². The monoisotopic (exact) mass is 290 g/mol. The topological polar surface area (TPSA) is 55.1 Å². The highest BCUT2D eigenvalue weighted by Gasteiger charge is 2.13. The van der Waals surface area contributed by atoms with Crippen molar-refractivity contribution in [3.8, 4) is 0 Å². The minimum absolute atomic E-state index is 0.110. The molecule has 3 N–H and O–H groups in total. The highest BCUT2D eigenvalue weighted by molar-refractivity contribution is 5.81. The average molecular weight is 290 g/mol. The molecule has 0 saturated heterocycles. The molecule has 2 rings (SSSR count). The fraction of sp³-hybridized carbons (Fsp3) is 0.188. The van der Waals surface area contributed by atoms with Crippen LogP contribution >= 0.6 is 0 Å². The number of carbonyl (C=O) groups excluding carboxylic acids is 1. The van der Waals surface area contributed by atoms with E-state index < -0.39 is 17.7 Å². The molecular formula is C16H16F2N2O. The van der Waals surface area contributed by atoms with Gasteiger partial charge in [-0.3, -0.25) is 4.79 Å². The van der Waals surface area contributed by atoms with E-state index in [1.54, 1.807) is 0 Å². The molecule has 0 unspecified atom stereocenters. The lowest BCUT2D eigenvalue weighted by molar-refractivity contribution is -0.122. The van der Waals surface area contributed by atoms with Crippen LogP contribution in [0.3, 0.4) is 0 Å². The van der Waals surface area contributed by atoms with Crippen molar-refractivity contribution < 1.29 is 13.6 Å². The van der Waals surface area contributed by atoms with Crippen LogP contribution < -0.4 is 11.1 Å². The molecule has 0 aliphatic carbocycles. The van der Waals surface area contributed by atoms with E-state index in [2.05, 4.69) is 5.32 Å². The van der Waals surface area contributed by atoms with Gasteiger partial charge in [-0.15, -0.1) is 0 Å². The molecule has 0 aromatic heterocycles. The summed E-state index contributed by atoms with van der Waals surface area (Å²) in [5.74, 6) is -2.18. The Kier molecular flexibility index (Phi) is 5.00. The van der Waals surface area contributed by atoms with Gasteiger partial charge in [-0.1, -0.05) is 36.4 Å². The average Bonchev–Trinajstić information content (AvgIpc) is 2.49. The number of rotatable bonds is 5. The third-order valence-corrected chi connectivity index (χ3v) is 3.09. The normalized spacial score (nSPS) is 12.0. The number of nitrogens with one attached hydrogen (secondary N) is 1. The zero-order valence-corrected chi connectivity index (χ0v) is 11.4. The van der Waals surface area contributed by atoms with Crippen molar-refractivity contribution in [1.82, 2.24) is 5.32 Å². The smallest absolute Gasteiger partial charge is 0.237 e. The highest BCUT2D eigenvalue weighted by atomic mass is 19.2. The van der Waals surface area contributed by atoms with Crippen molar-refractivity contribution in [3.63, 3.8) is 0 Å². The van der Waals surface area contributed by atoms with Crippen molar-refractivity contribution in [1.29, 1.82) is 0 Å². The molecule has 0 aliphatic rings.